The highest BCUT2D eigenvalue weighted by atomic mass is 35.5. The van der Waals surface area contributed by atoms with E-state index < -0.39 is 23.5 Å². The van der Waals surface area contributed by atoms with Crippen molar-refractivity contribution >= 4 is 18.3 Å². The summed E-state index contributed by atoms with van der Waals surface area (Å²) in [5.41, 5.74) is -0.0689. The summed E-state index contributed by atoms with van der Waals surface area (Å²) >= 11 is 0. The van der Waals surface area contributed by atoms with Crippen LogP contribution in [0.4, 0.5) is 17.6 Å². The summed E-state index contributed by atoms with van der Waals surface area (Å²) in [5.74, 6) is -0.849. The molecule has 1 spiro atoms. The molecule has 4 rings (SSSR count). The van der Waals surface area contributed by atoms with E-state index in [0.29, 0.717) is 37.3 Å². The number of likely N-dealkylation sites (N-methyl/N-ethyl adjacent to an activating group) is 1. The fourth-order valence-corrected chi connectivity index (χ4v) is 4.14. The molecule has 3 heterocycles. The van der Waals surface area contributed by atoms with E-state index in [1.54, 1.807) is 18.9 Å². The topological polar surface area (TPSA) is 67.3 Å². The van der Waals surface area contributed by atoms with Crippen LogP contribution in [0.5, 0.6) is 5.75 Å². The van der Waals surface area contributed by atoms with Crippen LogP contribution in [0, 0.1) is 12.7 Å². The van der Waals surface area contributed by atoms with Gasteiger partial charge in [0.25, 0.3) is 0 Å². The molecule has 6 nitrogen and oxygen atoms in total. The zero-order chi connectivity index (χ0) is 21.7. The third-order valence-electron chi connectivity index (χ3n) is 5.57. The summed E-state index contributed by atoms with van der Waals surface area (Å²) in [6.45, 7) is 2.36. The molecule has 2 aromatic rings. The van der Waals surface area contributed by atoms with Gasteiger partial charge in [-0.05, 0) is 50.5 Å². The quantitative estimate of drug-likeness (QED) is 0.703. The number of alkyl halides is 3. The highest BCUT2D eigenvalue weighted by molar-refractivity contribution is 5.88. The summed E-state index contributed by atoms with van der Waals surface area (Å²) in [4.78, 5) is 23.0. The minimum Gasteiger partial charge on any atom is -0.406 e. The lowest BCUT2D eigenvalue weighted by atomic mass is 9.96. The lowest BCUT2D eigenvalue weighted by molar-refractivity contribution is -0.274. The van der Waals surface area contributed by atoms with Crippen molar-refractivity contribution in [3.63, 3.8) is 0 Å². The van der Waals surface area contributed by atoms with Crippen molar-refractivity contribution in [3.05, 3.63) is 41.6 Å². The van der Waals surface area contributed by atoms with Crippen LogP contribution in [-0.4, -0.2) is 46.3 Å². The van der Waals surface area contributed by atoms with Crippen LogP contribution in [0.3, 0.4) is 0 Å². The molecule has 0 aliphatic carbocycles. The standard InChI is InChI=1S/C20H20F4N4O2.ClH/c1-11-9-16(13-10-12(3-4-14(13)21)30-20(22,23)24)26-17(25-11)15-5-6-19(27-15)7-8-28(2)18(19)29;/h3-4,9-10,15,27H,5-8H2,1-2H3;1H/t15-,19+;/m0./s1. The molecule has 2 aliphatic heterocycles. The van der Waals surface area contributed by atoms with E-state index in [1.807, 2.05) is 0 Å². The van der Waals surface area contributed by atoms with Gasteiger partial charge in [-0.3, -0.25) is 10.1 Å². The Kier molecular flexibility index (Phi) is 6.16. The van der Waals surface area contributed by atoms with Gasteiger partial charge in [-0.15, -0.1) is 25.6 Å². The number of hydrogen-bond acceptors (Lipinski definition) is 5. The van der Waals surface area contributed by atoms with Gasteiger partial charge in [0, 0.05) is 24.8 Å². The average Bonchev–Trinajstić information content (AvgIpc) is 3.22. The van der Waals surface area contributed by atoms with Crippen molar-refractivity contribution < 1.29 is 27.1 Å². The number of halogens is 5. The first kappa shape index (κ1) is 23.2. The molecule has 0 saturated carbocycles. The Bertz CT molecular complexity index is 1000. The number of nitrogens with one attached hydrogen (secondary N) is 1. The minimum absolute atomic E-state index is 0. The van der Waals surface area contributed by atoms with Crippen LogP contribution in [0.15, 0.2) is 24.3 Å². The van der Waals surface area contributed by atoms with Crippen molar-refractivity contribution in [2.24, 2.45) is 0 Å². The van der Waals surface area contributed by atoms with E-state index in [0.717, 1.165) is 18.2 Å². The van der Waals surface area contributed by atoms with Crippen LogP contribution < -0.4 is 10.1 Å². The average molecular weight is 461 g/mol. The lowest BCUT2D eigenvalue weighted by Gasteiger charge is -2.23. The first-order valence-corrected chi connectivity index (χ1v) is 9.51. The van der Waals surface area contributed by atoms with Crippen molar-refractivity contribution in [1.29, 1.82) is 0 Å². The van der Waals surface area contributed by atoms with Gasteiger partial charge in [-0.2, -0.15) is 0 Å². The Hall–Kier alpha value is -2.46. The number of aromatic nitrogens is 2. The highest BCUT2D eigenvalue weighted by Gasteiger charge is 2.50. The number of amides is 1. The highest BCUT2D eigenvalue weighted by Crippen LogP contribution is 2.39. The monoisotopic (exact) mass is 460 g/mol. The SMILES string of the molecule is Cc1cc(-c2cc(OC(F)(F)F)ccc2F)nc([C@@H]2CC[C@]3(CCN(C)C3=O)N2)n1.Cl. The van der Waals surface area contributed by atoms with E-state index in [-0.39, 0.29) is 35.6 Å². The van der Waals surface area contributed by atoms with Gasteiger partial charge in [-0.1, -0.05) is 0 Å². The van der Waals surface area contributed by atoms with E-state index >= 15 is 0 Å². The fraction of sp³-hybridized carbons (Fsp3) is 0.450. The molecule has 168 valence electrons. The second-order valence-electron chi connectivity index (χ2n) is 7.74. The number of benzene rings is 1. The zero-order valence-electron chi connectivity index (χ0n) is 16.8. The van der Waals surface area contributed by atoms with Gasteiger partial charge in [0.05, 0.1) is 11.7 Å². The maximum Gasteiger partial charge on any atom is 0.573 e. The summed E-state index contributed by atoms with van der Waals surface area (Å²) < 4.78 is 55.9. The molecule has 2 aliphatic rings. The Morgan fingerprint density at radius 2 is 1.97 bits per heavy atom. The predicted molar refractivity (Wildman–Crippen MR) is 106 cm³/mol. The molecule has 1 aromatic heterocycles. The van der Waals surface area contributed by atoms with Gasteiger partial charge in [0.2, 0.25) is 5.91 Å². The van der Waals surface area contributed by atoms with Gasteiger partial charge in [-0.25, -0.2) is 14.4 Å². The molecular formula is C20H21ClF4N4O2. The summed E-state index contributed by atoms with van der Waals surface area (Å²) in [6, 6.07) is 3.97. The number of likely N-dealkylation sites (tertiary alicyclic amines) is 1. The van der Waals surface area contributed by atoms with Gasteiger partial charge in [0.1, 0.15) is 22.9 Å². The number of aryl methyl sites for hydroxylation is 1. The normalized spacial score (nSPS) is 23.4. The predicted octanol–water partition coefficient (Wildman–Crippen LogP) is 3.94. The molecule has 0 unspecified atom stereocenters. The van der Waals surface area contributed by atoms with Crippen LogP contribution >= 0.6 is 12.4 Å². The Balaban J connectivity index is 0.00000272. The third-order valence-corrected chi connectivity index (χ3v) is 5.57. The molecular weight excluding hydrogens is 440 g/mol. The summed E-state index contributed by atoms with van der Waals surface area (Å²) in [6.07, 6.45) is -2.94. The summed E-state index contributed by atoms with van der Waals surface area (Å²) in [7, 11) is 1.76. The second kappa shape index (κ2) is 8.23. The van der Waals surface area contributed by atoms with E-state index in [2.05, 4.69) is 20.0 Å². The Morgan fingerprint density at radius 1 is 1.23 bits per heavy atom. The maximum atomic E-state index is 14.4. The molecule has 1 amide bonds. The molecule has 0 bridgehead atoms. The maximum absolute atomic E-state index is 14.4. The minimum atomic E-state index is -4.88. The number of carbonyl (C=O) groups is 1. The molecule has 1 N–H and O–H groups in total. The van der Waals surface area contributed by atoms with Gasteiger partial charge in [0.15, 0.2) is 0 Å². The van der Waals surface area contributed by atoms with Crippen LogP contribution in [0.1, 0.15) is 36.8 Å². The van der Waals surface area contributed by atoms with Gasteiger partial charge < -0.3 is 9.64 Å². The van der Waals surface area contributed by atoms with E-state index in [1.165, 1.54) is 6.07 Å². The van der Waals surface area contributed by atoms with E-state index in [4.69, 9.17) is 0 Å². The first-order chi connectivity index (χ1) is 14.1. The van der Waals surface area contributed by atoms with Crippen molar-refractivity contribution in [1.82, 2.24) is 20.2 Å². The molecule has 31 heavy (non-hydrogen) atoms. The molecule has 2 saturated heterocycles. The number of rotatable bonds is 3. The largest absolute Gasteiger partial charge is 0.573 e. The molecule has 2 atom stereocenters. The smallest absolute Gasteiger partial charge is 0.406 e. The Labute approximate surface area is 182 Å². The summed E-state index contributed by atoms with van der Waals surface area (Å²) in [5, 5.41) is 3.34. The van der Waals surface area contributed by atoms with Crippen LogP contribution in [0.25, 0.3) is 11.3 Å². The second-order valence-corrected chi connectivity index (χ2v) is 7.74. The molecule has 0 radical (unpaired) electrons. The van der Waals surface area contributed by atoms with Crippen molar-refractivity contribution in [2.75, 3.05) is 13.6 Å². The molecule has 11 heteroatoms. The molecule has 1 aromatic carbocycles. The van der Waals surface area contributed by atoms with Crippen LogP contribution in [0.2, 0.25) is 0 Å². The number of nitrogens with zero attached hydrogens (tertiary/aromatic N) is 3. The fourth-order valence-electron chi connectivity index (χ4n) is 4.14. The molecule has 2 fully saturated rings. The van der Waals surface area contributed by atoms with Crippen LogP contribution in [-0.2, 0) is 4.79 Å². The number of carbonyl (C=O) groups excluding carboxylic acids is 1. The Morgan fingerprint density at radius 3 is 2.61 bits per heavy atom. The van der Waals surface area contributed by atoms with Gasteiger partial charge >= 0.3 is 6.36 Å². The first-order valence-electron chi connectivity index (χ1n) is 9.51. The third kappa shape index (κ3) is 4.59. The lowest BCUT2D eigenvalue weighted by Crippen LogP contribution is -2.47. The van der Waals surface area contributed by atoms with Crippen molar-refractivity contribution in [2.45, 2.75) is 44.1 Å². The zero-order valence-corrected chi connectivity index (χ0v) is 17.6. The number of ether oxygens (including phenoxy) is 1. The van der Waals surface area contributed by atoms with Crippen molar-refractivity contribution in [3.8, 4) is 17.0 Å². The number of hydrogen-bond donors (Lipinski definition) is 1. The van der Waals surface area contributed by atoms with E-state index in [9.17, 15) is 22.4 Å².